The lowest BCUT2D eigenvalue weighted by molar-refractivity contribution is 0.0902. The van der Waals surface area contributed by atoms with Crippen molar-refractivity contribution in [3.8, 4) is 0 Å². The molecule has 1 aromatic rings. The van der Waals surface area contributed by atoms with Gasteiger partial charge >= 0.3 is 0 Å². The summed E-state index contributed by atoms with van der Waals surface area (Å²) in [6.45, 7) is 4.55. The Morgan fingerprint density at radius 1 is 1.38 bits per heavy atom. The summed E-state index contributed by atoms with van der Waals surface area (Å²) < 4.78 is 0. The second-order valence-electron chi connectivity index (χ2n) is 7.10. The van der Waals surface area contributed by atoms with Crippen molar-refractivity contribution in [1.29, 1.82) is 0 Å². The zero-order chi connectivity index (χ0) is 15.6. The quantitative estimate of drug-likeness (QED) is 0.841. The van der Waals surface area contributed by atoms with Crippen LogP contribution in [0.2, 0.25) is 0 Å². The van der Waals surface area contributed by atoms with Crippen molar-refractivity contribution in [3.05, 3.63) is 23.8 Å². The Labute approximate surface area is 127 Å². The Hall–Kier alpha value is -1.71. The van der Waals surface area contributed by atoms with Crippen molar-refractivity contribution < 1.29 is 4.79 Å². The number of nitrogens with one attached hydrogen (secondary N) is 1. The number of carbonyl (C=O) groups excluding carboxylic acids is 1. The van der Waals surface area contributed by atoms with Gasteiger partial charge in [0.05, 0.1) is 11.4 Å². The fourth-order valence-electron chi connectivity index (χ4n) is 3.19. The molecule has 1 saturated carbocycles. The van der Waals surface area contributed by atoms with Gasteiger partial charge in [-0.2, -0.15) is 0 Å². The largest absolute Gasteiger partial charge is 0.397 e. The first kappa shape index (κ1) is 15.7. The number of anilines is 2. The van der Waals surface area contributed by atoms with Gasteiger partial charge in [0.25, 0.3) is 5.91 Å². The van der Waals surface area contributed by atoms with Crippen LogP contribution in [0.1, 0.15) is 49.9 Å². The Kier molecular flexibility index (Phi) is 4.45. The van der Waals surface area contributed by atoms with Crippen molar-refractivity contribution in [2.24, 2.45) is 5.41 Å². The lowest BCUT2D eigenvalue weighted by Gasteiger charge is -2.35. The highest BCUT2D eigenvalue weighted by atomic mass is 16.1. The van der Waals surface area contributed by atoms with Gasteiger partial charge in [-0.05, 0) is 42.9 Å². The van der Waals surface area contributed by atoms with Gasteiger partial charge in [-0.25, -0.2) is 0 Å². The van der Waals surface area contributed by atoms with Crippen molar-refractivity contribution in [2.75, 3.05) is 24.7 Å². The molecule has 1 amide bonds. The van der Waals surface area contributed by atoms with Gasteiger partial charge in [0.1, 0.15) is 0 Å². The number of nitrogens with two attached hydrogens (primary N) is 1. The first-order valence-corrected chi connectivity index (χ1v) is 7.66. The first-order chi connectivity index (χ1) is 9.78. The normalized spacial score (nSPS) is 20.9. The summed E-state index contributed by atoms with van der Waals surface area (Å²) in [7, 11) is 3.88. The highest BCUT2D eigenvalue weighted by molar-refractivity contribution is 5.96. The number of nitrogen functional groups attached to an aromatic ring is 1. The summed E-state index contributed by atoms with van der Waals surface area (Å²) >= 11 is 0. The average molecular weight is 289 g/mol. The van der Waals surface area contributed by atoms with Gasteiger partial charge < -0.3 is 16.0 Å². The van der Waals surface area contributed by atoms with Gasteiger partial charge in [0.15, 0.2) is 0 Å². The molecular formula is C17H27N3O. The maximum absolute atomic E-state index is 12.4. The summed E-state index contributed by atoms with van der Waals surface area (Å²) in [6.07, 6.45) is 4.54. The van der Waals surface area contributed by atoms with E-state index in [9.17, 15) is 4.79 Å². The fraction of sp³-hybridized carbons (Fsp3) is 0.588. The molecule has 0 aromatic heterocycles. The first-order valence-electron chi connectivity index (χ1n) is 7.66. The molecule has 4 heteroatoms. The number of hydrogen-bond donors (Lipinski definition) is 2. The summed E-state index contributed by atoms with van der Waals surface area (Å²) in [5.74, 6) is -0.0188. The molecule has 1 atom stereocenters. The Morgan fingerprint density at radius 3 is 2.67 bits per heavy atom. The minimum atomic E-state index is -0.0188. The maximum atomic E-state index is 12.4. The number of benzene rings is 1. The summed E-state index contributed by atoms with van der Waals surface area (Å²) in [4.78, 5) is 14.3. The van der Waals surface area contributed by atoms with Gasteiger partial charge in [0, 0.05) is 25.7 Å². The molecule has 0 spiro atoms. The van der Waals surface area contributed by atoms with Crippen LogP contribution in [0.15, 0.2) is 18.2 Å². The summed E-state index contributed by atoms with van der Waals surface area (Å²) in [5.41, 5.74) is 8.55. The molecule has 4 nitrogen and oxygen atoms in total. The van der Waals surface area contributed by atoms with Crippen LogP contribution in [-0.2, 0) is 0 Å². The van der Waals surface area contributed by atoms with Crippen LogP contribution in [0.3, 0.4) is 0 Å². The van der Waals surface area contributed by atoms with Crippen LogP contribution in [0, 0.1) is 5.41 Å². The molecular weight excluding hydrogens is 262 g/mol. The lowest BCUT2D eigenvalue weighted by Crippen LogP contribution is -2.40. The Morgan fingerprint density at radius 2 is 2.10 bits per heavy atom. The van der Waals surface area contributed by atoms with Gasteiger partial charge in [-0.1, -0.05) is 20.3 Å². The number of amides is 1. The third kappa shape index (κ3) is 3.90. The number of hydrogen-bond acceptors (Lipinski definition) is 3. The molecule has 0 aliphatic heterocycles. The summed E-state index contributed by atoms with van der Waals surface area (Å²) in [5, 5.41) is 3.16. The zero-order valence-corrected chi connectivity index (χ0v) is 13.6. The number of rotatable bonds is 3. The second kappa shape index (κ2) is 5.96. The van der Waals surface area contributed by atoms with Crippen molar-refractivity contribution >= 4 is 17.3 Å². The van der Waals surface area contributed by atoms with Crippen LogP contribution in [0.4, 0.5) is 11.4 Å². The number of nitrogens with zero attached hydrogens (tertiary/aromatic N) is 1. The van der Waals surface area contributed by atoms with Crippen molar-refractivity contribution in [1.82, 2.24) is 5.32 Å². The van der Waals surface area contributed by atoms with E-state index in [4.69, 9.17) is 5.73 Å². The molecule has 21 heavy (non-hydrogen) atoms. The smallest absolute Gasteiger partial charge is 0.251 e. The van der Waals surface area contributed by atoms with Gasteiger partial charge in [-0.15, -0.1) is 0 Å². The van der Waals surface area contributed by atoms with Crippen LogP contribution in [-0.4, -0.2) is 26.0 Å². The van der Waals surface area contributed by atoms with Crippen LogP contribution in [0.25, 0.3) is 0 Å². The molecule has 1 aliphatic rings. The third-order valence-electron chi connectivity index (χ3n) is 4.31. The molecule has 1 fully saturated rings. The third-order valence-corrected chi connectivity index (χ3v) is 4.31. The maximum Gasteiger partial charge on any atom is 0.251 e. The van der Waals surface area contributed by atoms with E-state index in [1.54, 1.807) is 6.07 Å². The molecule has 0 radical (unpaired) electrons. The van der Waals surface area contributed by atoms with E-state index < -0.39 is 0 Å². The van der Waals surface area contributed by atoms with E-state index >= 15 is 0 Å². The van der Waals surface area contributed by atoms with Gasteiger partial charge in [0.2, 0.25) is 0 Å². The van der Waals surface area contributed by atoms with E-state index in [0.717, 1.165) is 18.5 Å². The van der Waals surface area contributed by atoms with E-state index in [-0.39, 0.29) is 11.9 Å². The second-order valence-corrected chi connectivity index (χ2v) is 7.10. The van der Waals surface area contributed by atoms with E-state index in [1.807, 2.05) is 31.1 Å². The molecule has 116 valence electrons. The van der Waals surface area contributed by atoms with Crippen molar-refractivity contribution in [2.45, 2.75) is 45.6 Å². The van der Waals surface area contributed by atoms with Crippen LogP contribution in [0.5, 0.6) is 0 Å². The minimum absolute atomic E-state index is 0.0188. The Bertz CT molecular complexity index is 523. The summed E-state index contributed by atoms with van der Waals surface area (Å²) in [6, 6.07) is 5.78. The minimum Gasteiger partial charge on any atom is -0.397 e. The van der Waals surface area contributed by atoms with E-state index in [0.29, 0.717) is 16.7 Å². The topological polar surface area (TPSA) is 58.4 Å². The molecule has 1 unspecified atom stereocenters. The van der Waals surface area contributed by atoms with E-state index in [2.05, 4.69) is 19.2 Å². The molecule has 1 aliphatic carbocycles. The molecule has 0 bridgehead atoms. The zero-order valence-electron chi connectivity index (χ0n) is 13.6. The molecule has 0 heterocycles. The number of carbonyl (C=O) groups is 1. The van der Waals surface area contributed by atoms with Gasteiger partial charge in [-0.3, -0.25) is 4.79 Å². The fourth-order valence-corrected chi connectivity index (χ4v) is 3.19. The van der Waals surface area contributed by atoms with E-state index in [1.165, 1.54) is 12.8 Å². The average Bonchev–Trinajstić information content (AvgIpc) is 2.36. The highest BCUT2D eigenvalue weighted by Crippen LogP contribution is 2.35. The lowest BCUT2D eigenvalue weighted by atomic mass is 9.75. The predicted octanol–water partition coefficient (Wildman–Crippen LogP) is 3.03. The van der Waals surface area contributed by atoms with Crippen LogP contribution < -0.4 is 16.0 Å². The Balaban J connectivity index is 2.05. The molecule has 0 saturated heterocycles. The molecule has 1 aromatic carbocycles. The standard InChI is InChI=1S/C17H27N3O/c1-17(2)9-5-6-13(11-17)19-16(21)12-7-8-15(20(3)4)14(18)10-12/h7-8,10,13H,5-6,9,11,18H2,1-4H3,(H,19,21). The SMILES string of the molecule is CN(C)c1ccc(C(=O)NC2CCCC(C)(C)C2)cc1N. The molecule has 3 N–H and O–H groups in total. The predicted molar refractivity (Wildman–Crippen MR) is 88.7 cm³/mol. The monoisotopic (exact) mass is 289 g/mol. The molecule has 2 rings (SSSR count). The van der Waals surface area contributed by atoms with Crippen LogP contribution >= 0.6 is 0 Å². The van der Waals surface area contributed by atoms with Crippen molar-refractivity contribution in [3.63, 3.8) is 0 Å². The highest BCUT2D eigenvalue weighted by Gasteiger charge is 2.28.